The monoisotopic (exact) mass is 181 g/mol. The van der Waals surface area contributed by atoms with Gasteiger partial charge >= 0.3 is 0 Å². The molecule has 1 nitrogen and oxygen atoms in total. The average Bonchev–Trinajstić information content (AvgIpc) is 2.18. The number of benzene rings is 1. The van der Waals surface area contributed by atoms with Gasteiger partial charge in [0, 0.05) is 12.0 Å². The van der Waals surface area contributed by atoms with E-state index in [1.807, 2.05) is 38.1 Å². The van der Waals surface area contributed by atoms with Crippen LogP contribution in [0.15, 0.2) is 24.3 Å². The van der Waals surface area contributed by atoms with E-state index in [1.54, 1.807) is 0 Å². The molecule has 0 radical (unpaired) electrons. The van der Waals surface area contributed by atoms with Crippen LogP contribution in [0.1, 0.15) is 25.0 Å². The Morgan fingerprint density at radius 2 is 1.92 bits per heavy atom. The zero-order valence-corrected chi connectivity index (χ0v) is 8.18. The van der Waals surface area contributed by atoms with Gasteiger partial charge in [-0.05, 0) is 11.1 Å². The number of hydrogen-bond acceptors (Lipinski definition) is 1. The molecule has 13 heavy (non-hydrogen) atoms. The van der Waals surface area contributed by atoms with Crippen LogP contribution in [0.25, 0.3) is 0 Å². The Labute approximate surface area is 78.8 Å². The van der Waals surface area contributed by atoms with Gasteiger partial charge < -0.3 is 5.73 Å². The lowest BCUT2D eigenvalue weighted by molar-refractivity contribution is 0.349. The highest BCUT2D eigenvalue weighted by atomic mass is 19.1. The Morgan fingerprint density at radius 1 is 1.31 bits per heavy atom. The maximum atomic E-state index is 12.7. The summed E-state index contributed by atoms with van der Waals surface area (Å²) in [5.41, 5.74) is 7.21. The Balaban J connectivity index is 3.12. The van der Waals surface area contributed by atoms with Gasteiger partial charge in [0.2, 0.25) is 0 Å². The van der Waals surface area contributed by atoms with E-state index in [1.165, 1.54) is 0 Å². The van der Waals surface area contributed by atoms with E-state index in [-0.39, 0.29) is 6.67 Å². The number of rotatable bonds is 3. The van der Waals surface area contributed by atoms with Crippen LogP contribution in [0.2, 0.25) is 0 Å². The molecule has 1 rings (SSSR count). The predicted octanol–water partition coefficient (Wildman–Crippen LogP) is 2.39. The van der Waals surface area contributed by atoms with Crippen molar-refractivity contribution in [3.63, 3.8) is 0 Å². The standard InChI is InChI=1S/C11H16FN/c1-11(2,8-12)10-6-4-3-5-9(10)7-13/h3-6H,7-8,13H2,1-2H3. The molecular formula is C11H16FN. The van der Waals surface area contributed by atoms with Crippen molar-refractivity contribution < 1.29 is 4.39 Å². The summed E-state index contributed by atoms with van der Waals surface area (Å²) >= 11 is 0. The third-order valence-corrected chi connectivity index (χ3v) is 2.30. The lowest BCUT2D eigenvalue weighted by Gasteiger charge is -2.23. The minimum absolute atomic E-state index is 0.357. The molecule has 0 aromatic heterocycles. The first-order chi connectivity index (χ1) is 6.11. The van der Waals surface area contributed by atoms with E-state index in [0.717, 1.165) is 11.1 Å². The lowest BCUT2D eigenvalue weighted by Crippen LogP contribution is -2.22. The van der Waals surface area contributed by atoms with Gasteiger partial charge in [-0.25, -0.2) is 0 Å². The molecule has 0 saturated heterocycles. The number of nitrogens with two attached hydrogens (primary N) is 1. The van der Waals surface area contributed by atoms with Crippen molar-refractivity contribution in [3.8, 4) is 0 Å². The minimum atomic E-state index is -0.421. The van der Waals surface area contributed by atoms with Crippen molar-refractivity contribution >= 4 is 0 Å². The van der Waals surface area contributed by atoms with Crippen molar-refractivity contribution in [1.29, 1.82) is 0 Å². The third kappa shape index (κ3) is 2.07. The predicted molar refractivity (Wildman–Crippen MR) is 53.3 cm³/mol. The summed E-state index contributed by atoms with van der Waals surface area (Å²) in [5, 5.41) is 0. The Kier molecular flexibility index (Phi) is 3.04. The van der Waals surface area contributed by atoms with E-state index in [4.69, 9.17) is 5.73 Å². The van der Waals surface area contributed by atoms with Crippen molar-refractivity contribution in [2.45, 2.75) is 25.8 Å². The van der Waals surface area contributed by atoms with Crippen LogP contribution in [0.4, 0.5) is 4.39 Å². The molecule has 72 valence electrons. The molecule has 1 aromatic rings. The minimum Gasteiger partial charge on any atom is -0.326 e. The van der Waals surface area contributed by atoms with Crippen molar-refractivity contribution in [2.75, 3.05) is 6.67 Å². The smallest absolute Gasteiger partial charge is 0.0985 e. The number of alkyl halides is 1. The molecule has 0 saturated carbocycles. The second-order valence-electron chi connectivity index (χ2n) is 3.88. The summed E-state index contributed by atoms with van der Waals surface area (Å²) in [6, 6.07) is 7.75. The van der Waals surface area contributed by atoms with Gasteiger partial charge in [0.05, 0.1) is 6.67 Å². The van der Waals surface area contributed by atoms with E-state index < -0.39 is 5.41 Å². The van der Waals surface area contributed by atoms with Crippen LogP contribution in [-0.4, -0.2) is 6.67 Å². The molecule has 0 bridgehead atoms. The third-order valence-electron chi connectivity index (χ3n) is 2.30. The van der Waals surface area contributed by atoms with Gasteiger partial charge in [-0.15, -0.1) is 0 Å². The molecule has 0 aliphatic carbocycles. The Morgan fingerprint density at radius 3 is 2.46 bits per heavy atom. The largest absolute Gasteiger partial charge is 0.326 e. The Hall–Kier alpha value is -0.890. The number of halogens is 1. The highest BCUT2D eigenvalue weighted by molar-refractivity contribution is 5.33. The first-order valence-electron chi connectivity index (χ1n) is 4.46. The van der Waals surface area contributed by atoms with Crippen molar-refractivity contribution in [3.05, 3.63) is 35.4 Å². The topological polar surface area (TPSA) is 26.0 Å². The lowest BCUT2D eigenvalue weighted by atomic mass is 9.83. The molecule has 0 atom stereocenters. The van der Waals surface area contributed by atoms with Crippen molar-refractivity contribution in [2.24, 2.45) is 5.73 Å². The first-order valence-corrected chi connectivity index (χ1v) is 4.46. The summed E-state index contributed by atoms with van der Waals surface area (Å²) in [6.45, 7) is 3.90. The zero-order chi connectivity index (χ0) is 9.90. The van der Waals surface area contributed by atoms with Gasteiger partial charge in [-0.2, -0.15) is 0 Å². The van der Waals surface area contributed by atoms with Crippen LogP contribution >= 0.6 is 0 Å². The van der Waals surface area contributed by atoms with E-state index in [2.05, 4.69) is 0 Å². The first kappa shape index (κ1) is 10.2. The molecule has 0 fully saturated rings. The number of hydrogen-bond donors (Lipinski definition) is 1. The van der Waals surface area contributed by atoms with E-state index in [9.17, 15) is 4.39 Å². The molecule has 2 N–H and O–H groups in total. The molecule has 0 amide bonds. The summed E-state index contributed by atoms with van der Waals surface area (Å²) in [7, 11) is 0. The molecule has 1 aromatic carbocycles. The molecule has 0 aliphatic rings. The summed E-state index contributed by atoms with van der Waals surface area (Å²) < 4.78 is 12.7. The molecule has 2 heteroatoms. The van der Waals surface area contributed by atoms with Gasteiger partial charge in [0.15, 0.2) is 0 Å². The van der Waals surface area contributed by atoms with Crippen LogP contribution in [0.3, 0.4) is 0 Å². The molecule has 0 heterocycles. The molecule has 0 spiro atoms. The maximum absolute atomic E-state index is 12.7. The van der Waals surface area contributed by atoms with Gasteiger partial charge in [-0.3, -0.25) is 4.39 Å². The second-order valence-corrected chi connectivity index (χ2v) is 3.88. The normalized spacial score (nSPS) is 11.7. The fraction of sp³-hybridized carbons (Fsp3) is 0.455. The van der Waals surface area contributed by atoms with Crippen LogP contribution < -0.4 is 5.73 Å². The van der Waals surface area contributed by atoms with Crippen LogP contribution in [-0.2, 0) is 12.0 Å². The molecule has 0 unspecified atom stereocenters. The second kappa shape index (κ2) is 3.88. The van der Waals surface area contributed by atoms with Gasteiger partial charge in [-0.1, -0.05) is 38.1 Å². The van der Waals surface area contributed by atoms with Gasteiger partial charge in [0.1, 0.15) is 0 Å². The summed E-state index contributed by atoms with van der Waals surface area (Å²) in [4.78, 5) is 0. The van der Waals surface area contributed by atoms with Crippen LogP contribution in [0.5, 0.6) is 0 Å². The zero-order valence-electron chi connectivity index (χ0n) is 8.18. The highest BCUT2D eigenvalue weighted by Crippen LogP contribution is 2.26. The molecule has 0 aliphatic heterocycles. The SMILES string of the molecule is CC(C)(CF)c1ccccc1CN. The summed E-state index contributed by atoms with van der Waals surface area (Å²) in [6.07, 6.45) is 0. The quantitative estimate of drug-likeness (QED) is 0.761. The van der Waals surface area contributed by atoms with Gasteiger partial charge in [0.25, 0.3) is 0 Å². The fourth-order valence-electron chi connectivity index (χ4n) is 1.43. The average molecular weight is 181 g/mol. The van der Waals surface area contributed by atoms with Crippen molar-refractivity contribution in [1.82, 2.24) is 0 Å². The Bertz CT molecular complexity index is 281. The van der Waals surface area contributed by atoms with E-state index >= 15 is 0 Å². The fourth-order valence-corrected chi connectivity index (χ4v) is 1.43. The summed E-state index contributed by atoms with van der Waals surface area (Å²) in [5.74, 6) is 0. The van der Waals surface area contributed by atoms with Crippen LogP contribution in [0, 0.1) is 0 Å². The van der Waals surface area contributed by atoms with E-state index in [0.29, 0.717) is 6.54 Å². The molecular weight excluding hydrogens is 165 g/mol. The highest BCUT2D eigenvalue weighted by Gasteiger charge is 2.22. The maximum Gasteiger partial charge on any atom is 0.0985 e.